The van der Waals surface area contributed by atoms with Crippen LogP contribution in [0.3, 0.4) is 0 Å². The minimum Gasteiger partial charge on any atom is -0.376 e. The normalized spacial score (nSPS) is 23.7. The second-order valence-electron chi connectivity index (χ2n) is 7.15. The first-order chi connectivity index (χ1) is 11.1. The topological polar surface area (TPSA) is 44.1 Å². The largest absolute Gasteiger partial charge is 0.376 e. The van der Waals surface area contributed by atoms with Gasteiger partial charge >= 0.3 is 0 Å². The summed E-state index contributed by atoms with van der Waals surface area (Å²) in [5.74, 6) is 1.62. The Morgan fingerprint density at radius 1 is 1.22 bits per heavy atom. The standard InChI is InChI=1S/C18H30N2O2S/c1-14-15(2)20(13-17-10-5-11-22-17)18(19-14)23(21)12-6-9-16-7-3-4-8-16/h16-17H,3-13H2,1-2H3/t17-,23+/m1/s1. The number of aromatic nitrogens is 2. The highest BCUT2D eigenvalue weighted by Gasteiger charge is 2.23. The molecule has 0 amide bonds. The summed E-state index contributed by atoms with van der Waals surface area (Å²) in [6.07, 6.45) is 10.3. The SMILES string of the molecule is Cc1nc([S@@](=O)CCCC2CCCC2)n(C[C@H]2CCCO2)c1C. The zero-order valence-electron chi connectivity index (χ0n) is 14.6. The molecule has 1 aromatic rings. The highest BCUT2D eigenvalue weighted by Crippen LogP contribution is 2.29. The van der Waals surface area contributed by atoms with Crippen molar-refractivity contribution in [1.29, 1.82) is 0 Å². The van der Waals surface area contributed by atoms with Crippen molar-refractivity contribution in [3.8, 4) is 0 Å². The number of ether oxygens (including phenoxy) is 1. The van der Waals surface area contributed by atoms with Crippen LogP contribution >= 0.6 is 0 Å². The predicted molar refractivity (Wildman–Crippen MR) is 93.1 cm³/mol. The second kappa shape index (κ2) is 7.93. The third kappa shape index (κ3) is 4.24. The van der Waals surface area contributed by atoms with E-state index in [0.29, 0.717) is 0 Å². The molecule has 2 heterocycles. The summed E-state index contributed by atoms with van der Waals surface area (Å²) in [6.45, 7) is 5.75. The van der Waals surface area contributed by atoms with Crippen molar-refractivity contribution in [3.63, 3.8) is 0 Å². The fourth-order valence-electron chi connectivity index (χ4n) is 3.90. The van der Waals surface area contributed by atoms with Gasteiger partial charge in [0.05, 0.1) is 29.1 Å². The van der Waals surface area contributed by atoms with Crippen molar-refractivity contribution in [2.75, 3.05) is 12.4 Å². The first kappa shape index (κ1) is 17.2. The van der Waals surface area contributed by atoms with Gasteiger partial charge in [0.15, 0.2) is 5.16 Å². The van der Waals surface area contributed by atoms with Gasteiger partial charge in [-0.1, -0.05) is 25.7 Å². The third-order valence-corrected chi connectivity index (χ3v) is 6.83. The van der Waals surface area contributed by atoms with Gasteiger partial charge in [0, 0.05) is 18.1 Å². The van der Waals surface area contributed by atoms with Gasteiger partial charge in [0.25, 0.3) is 0 Å². The van der Waals surface area contributed by atoms with Gasteiger partial charge in [0.1, 0.15) is 0 Å². The van der Waals surface area contributed by atoms with Gasteiger partial charge in [0.2, 0.25) is 0 Å². The Morgan fingerprint density at radius 2 is 2.00 bits per heavy atom. The van der Waals surface area contributed by atoms with Crippen molar-refractivity contribution >= 4 is 10.8 Å². The molecule has 3 rings (SSSR count). The number of imidazole rings is 1. The lowest BCUT2D eigenvalue weighted by molar-refractivity contribution is 0.0944. The van der Waals surface area contributed by atoms with Gasteiger partial charge < -0.3 is 9.30 Å². The molecule has 0 spiro atoms. The molecule has 2 aliphatic rings. The molecule has 2 fully saturated rings. The van der Waals surface area contributed by atoms with Gasteiger partial charge in [-0.25, -0.2) is 4.98 Å². The van der Waals surface area contributed by atoms with Gasteiger partial charge in [-0.2, -0.15) is 0 Å². The van der Waals surface area contributed by atoms with E-state index in [9.17, 15) is 4.21 Å². The average Bonchev–Trinajstić information content (AvgIpc) is 3.26. The van der Waals surface area contributed by atoms with Crippen molar-refractivity contribution in [3.05, 3.63) is 11.4 Å². The van der Waals surface area contributed by atoms with Crippen LogP contribution in [0.4, 0.5) is 0 Å². The third-order valence-electron chi connectivity index (χ3n) is 5.45. The average molecular weight is 339 g/mol. The smallest absolute Gasteiger partial charge is 0.199 e. The van der Waals surface area contributed by atoms with E-state index < -0.39 is 10.8 Å². The Bertz CT molecular complexity index is 543. The molecule has 0 bridgehead atoms. The summed E-state index contributed by atoms with van der Waals surface area (Å²) in [4.78, 5) is 4.61. The van der Waals surface area contributed by atoms with Crippen LogP contribution < -0.4 is 0 Å². The van der Waals surface area contributed by atoms with Crippen molar-refractivity contribution < 1.29 is 8.95 Å². The summed E-state index contributed by atoms with van der Waals surface area (Å²) in [5.41, 5.74) is 2.14. The minimum atomic E-state index is -0.988. The second-order valence-corrected chi connectivity index (χ2v) is 8.62. The van der Waals surface area contributed by atoms with Crippen LogP contribution in [0.2, 0.25) is 0 Å². The molecule has 1 saturated carbocycles. The van der Waals surface area contributed by atoms with Crippen LogP contribution in [0.5, 0.6) is 0 Å². The van der Waals surface area contributed by atoms with Crippen LogP contribution in [0, 0.1) is 19.8 Å². The Hall–Kier alpha value is -0.680. The summed E-state index contributed by atoms with van der Waals surface area (Å²) in [7, 11) is -0.988. The zero-order chi connectivity index (χ0) is 16.2. The number of hydrogen-bond donors (Lipinski definition) is 0. The molecule has 1 aromatic heterocycles. The quantitative estimate of drug-likeness (QED) is 0.760. The van der Waals surface area contributed by atoms with Gasteiger partial charge in [-0.15, -0.1) is 0 Å². The van der Waals surface area contributed by atoms with Crippen molar-refractivity contribution in [2.45, 2.75) is 83.0 Å². The van der Waals surface area contributed by atoms with Crippen LogP contribution in [0.15, 0.2) is 5.16 Å². The first-order valence-corrected chi connectivity index (χ1v) is 10.5. The molecular weight excluding hydrogens is 308 g/mol. The summed E-state index contributed by atoms with van der Waals surface area (Å²) in [5, 5.41) is 0.766. The first-order valence-electron chi connectivity index (χ1n) is 9.19. The Kier molecular flexibility index (Phi) is 5.91. The summed E-state index contributed by atoms with van der Waals surface area (Å²) in [6, 6.07) is 0. The molecule has 5 heteroatoms. The van der Waals surface area contributed by atoms with Crippen LogP contribution in [0.25, 0.3) is 0 Å². The molecule has 0 radical (unpaired) electrons. The molecule has 0 aromatic carbocycles. The maximum atomic E-state index is 12.8. The fraction of sp³-hybridized carbons (Fsp3) is 0.833. The highest BCUT2D eigenvalue weighted by atomic mass is 32.2. The number of rotatable bonds is 7. The van der Waals surface area contributed by atoms with E-state index in [1.807, 2.05) is 6.92 Å². The molecule has 2 atom stereocenters. The van der Waals surface area contributed by atoms with Crippen molar-refractivity contribution in [2.24, 2.45) is 5.92 Å². The zero-order valence-corrected chi connectivity index (χ0v) is 15.4. The molecule has 1 saturated heterocycles. The number of nitrogens with zero attached hydrogens (tertiary/aromatic N) is 2. The predicted octanol–water partition coefficient (Wildman–Crippen LogP) is 3.76. The van der Waals surface area contributed by atoms with E-state index in [0.717, 1.165) is 60.6 Å². The molecule has 1 aliphatic heterocycles. The van der Waals surface area contributed by atoms with E-state index in [-0.39, 0.29) is 6.10 Å². The van der Waals surface area contributed by atoms with Crippen molar-refractivity contribution in [1.82, 2.24) is 9.55 Å². The monoisotopic (exact) mass is 338 g/mol. The van der Waals surface area contributed by atoms with Gasteiger partial charge in [-0.3, -0.25) is 4.21 Å². The van der Waals surface area contributed by atoms with Gasteiger partial charge in [-0.05, 0) is 45.4 Å². The summed E-state index contributed by atoms with van der Waals surface area (Å²) < 4.78 is 20.7. The lowest BCUT2D eigenvalue weighted by Gasteiger charge is -2.15. The molecule has 130 valence electrons. The molecule has 0 unspecified atom stereocenters. The van der Waals surface area contributed by atoms with Crippen LogP contribution in [0.1, 0.15) is 62.8 Å². The van der Waals surface area contributed by atoms with E-state index in [4.69, 9.17) is 4.74 Å². The Labute approximate surface area is 142 Å². The Morgan fingerprint density at radius 3 is 2.70 bits per heavy atom. The molecule has 0 N–H and O–H groups in total. The number of hydrogen-bond acceptors (Lipinski definition) is 3. The summed E-state index contributed by atoms with van der Waals surface area (Å²) >= 11 is 0. The molecular formula is C18H30N2O2S. The lowest BCUT2D eigenvalue weighted by Crippen LogP contribution is -2.19. The highest BCUT2D eigenvalue weighted by molar-refractivity contribution is 7.84. The molecule has 23 heavy (non-hydrogen) atoms. The molecule has 4 nitrogen and oxygen atoms in total. The molecule has 1 aliphatic carbocycles. The van der Waals surface area contributed by atoms with E-state index in [1.54, 1.807) is 0 Å². The van der Waals surface area contributed by atoms with E-state index in [2.05, 4.69) is 16.5 Å². The lowest BCUT2D eigenvalue weighted by atomic mass is 10.0. The maximum absolute atomic E-state index is 12.8. The number of aryl methyl sites for hydroxylation is 1. The van der Waals surface area contributed by atoms with Crippen LogP contribution in [-0.2, 0) is 22.1 Å². The van der Waals surface area contributed by atoms with E-state index in [1.165, 1.54) is 32.1 Å². The minimum absolute atomic E-state index is 0.261. The fourth-order valence-corrected chi connectivity index (χ4v) is 5.21. The Balaban J connectivity index is 1.60. The van der Waals surface area contributed by atoms with E-state index >= 15 is 0 Å². The maximum Gasteiger partial charge on any atom is 0.199 e. The van der Waals surface area contributed by atoms with Crippen LogP contribution in [-0.4, -0.2) is 32.2 Å².